The second-order valence-electron chi connectivity index (χ2n) is 12.4. The van der Waals surface area contributed by atoms with E-state index in [1.165, 1.54) is 56.3 Å². The number of nitrogens with one attached hydrogen (secondary N) is 1. The van der Waals surface area contributed by atoms with Crippen LogP contribution in [0.2, 0.25) is 0 Å². The molecule has 1 unspecified atom stereocenters. The van der Waals surface area contributed by atoms with Crippen LogP contribution in [0.5, 0.6) is 5.75 Å². The van der Waals surface area contributed by atoms with Gasteiger partial charge in [0.2, 0.25) is 20.7 Å². The predicted molar refractivity (Wildman–Crippen MR) is 196 cm³/mol. The van der Waals surface area contributed by atoms with Gasteiger partial charge in [0, 0.05) is 19.9 Å². The number of unbranched alkanes of at least 4 members (excludes halogenated alkanes) is 11. The van der Waals surface area contributed by atoms with Gasteiger partial charge in [-0.1, -0.05) is 102 Å². The fraction of sp³-hybridized carbons (Fsp3) is 0.600. The number of carbonyl (C=O) groups excluding carboxylic acids is 1. The summed E-state index contributed by atoms with van der Waals surface area (Å²) in [5.74, 6) is -0.562. The maximum Gasteiger partial charge on any atom is 0.248 e. The Labute approximate surface area is 291 Å². The van der Waals surface area contributed by atoms with Crippen molar-refractivity contribution in [1.29, 1.82) is 0 Å². The molecule has 10 nitrogen and oxygen atoms in total. The lowest BCUT2D eigenvalue weighted by Gasteiger charge is -2.29. The highest BCUT2D eigenvalue weighted by Crippen LogP contribution is 2.41. The van der Waals surface area contributed by atoms with Crippen LogP contribution >= 0.6 is 11.3 Å². The first-order valence-corrected chi connectivity index (χ1v) is 21.4. The molecule has 1 aromatic heterocycles. The predicted octanol–water partition coefficient (Wildman–Crippen LogP) is 6.72. The third kappa shape index (κ3) is 12.1. The van der Waals surface area contributed by atoms with E-state index in [9.17, 15) is 21.6 Å². The summed E-state index contributed by atoms with van der Waals surface area (Å²) in [7, 11) is -6.29. The van der Waals surface area contributed by atoms with Crippen molar-refractivity contribution < 1.29 is 31.1 Å². The number of hydrogen-bond acceptors (Lipinski definition) is 9. The Kier molecular flexibility index (Phi) is 16.2. The normalized spacial score (nSPS) is 13.4. The van der Waals surface area contributed by atoms with Gasteiger partial charge in [0.1, 0.15) is 17.4 Å². The lowest BCUT2D eigenvalue weighted by Crippen LogP contribution is -2.50. The summed E-state index contributed by atoms with van der Waals surface area (Å²) in [4.78, 5) is 18.6. The van der Waals surface area contributed by atoms with E-state index in [0.29, 0.717) is 25.2 Å². The van der Waals surface area contributed by atoms with Crippen molar-refractivity contribution in [3.63, 3.8) is 0 Å². The molecule has 0 radical (unpaired) electrons. The largest absolute Gasteiger partial charge is 0.491 e. The molecule has 3 rings (SSSR count). The number of rotatable bonds is 24. The number of sulfonamides is 1. The molecule has 0 aliphatic rings. The summed E-state index contributed by atoms with van der Waals surface area (Å²) < 4.78 is 59.8. The maximum absolute atomic E-state index is 13.8. The van der Waals surface area contributed by atoms with Gasteiger partial charge in [0.15, 0.2) is 9.84 Å². The molecule has 0 fully saturated rings. The van der Waals surface area contributed by atoms with Gasteiger partial charge < -0.3 is 14.8 Å². The summed E-state index contributed by atoms with van der Waals surface area (Å²) in [5.41, 5.74) is 2.39. The van der Waals surface area contributed by atoms with E-state index in [0.717, 1.165) is 53.5 Å². The first-order chi connectivity index (χ1) is 22.9. The number of methoxy groups -OCH3 is 1. The molecule has 0 aliphatic heterocycles. The molecule has 0 saturated heterocycles. The molecular weight excluding hydrogens is 671 g/mol. The number of amides is 1. The average molecular weight is 724 g/mol. The molecule has 1 heterocycles. The van der Waals surface area contributed by atoms with Gasteiger partial charge >= 0.3 is 0 Å². The zero-order valence-corrected chi connectivity index (χ0v) is 31.1. The van der Waals surface area contributed by atoms with E-state index in [-0.39, 0.29) is 18.0 Å². The molecule has 0 bridgehead atoms. The van der Waals surface area contributed by atoms with Crippen LogP contribution in [0.15, 0.2) is 42.5 Å². The summed E-state index contributed by atoms with van der Waals surface area (Å²) in [5, 5.41) is 7.87. The third-order valence-electron chi connectivity index (χ3n) is 8.53. The molecule has 13 heteroatoms. The molecule has 3 N–H and O–H groups in total. The number of nitrogens with two attached hydrogens (primary N) is 1. The van der Waals surface area contributed by atoms with E-state index < -0.39 is 36.3 Å². The van der Waals surface area contributed by atoms with Crippen molar-refractivity contribution in [3.8, 4) is 16.9 Å². The van der Waals surface area contributed by atoms with Gasteiger partial charge in [0.05, 0.1) is 22.6 Å². The fourth-order valence-electron chi connectivity index (χ4n) is 5.76. The monoisotopic (exact) mass is 723 g/mol. The van der Waals surface area contributed by atoms with Gasteiger partial charge in [-0.3, -0.25) is 4.79 Å². The first kappa shape index (κ1) is 39.9. The maximum atomic E-state index is 13.8. The van der Waals surface area contributed by atoms with Gasteiger partial charge in [0.25, 0.3) is 0 Å². The fourth-order valence-corrected chi connectivity index (χ4v) is 9.07. The first-order valence-electron chi connectivity index (χ1n) is 17.0. The molecule has 0 spiro atoms. The lowest BCUT2D eigenvalue weighted by atomic mass is 9.98. The third-order valence-corrected chi connectivity index (χ3v) is 12.5. The topological polar surface area (TPSA) is 155 Å². The van der Waals surface area contributed by atoms with Crippen LogP contribution in [-0.2, 0) is 34.1 Å². The summed E-state index contributed by atoms with van der Waals surface area (Å²) in [6.45, 7) is 2.86. The van der Waals surface area contributed by atoms with Crippen LogP contribution in [0.25, 0.3) is 21.3 Å². The highest BCUT2D eigenvalue weighted by molar-refractivity contribution is 7.92. The second kappa shape index (κ2) is 19.6. The minimum atomic E-state index is -4.05. The van der Waals surface area contributed by atoms with Gasteiger partial charge in [-0.15, -0.1) is 11.3 Å². The van der Waals surface area contributed by atoms with E-state index in [1.54, 1.807) is 7.11 Å². The quantitative estimate of drug-likeness (QED) is 0.0966. The van der Waals surface area contributed by atoms with Crippen LogP contribution < -0.4 is 15.2 Å². The lowest BCUT2D eigenvalue weighted by molar-refractivity contribution is -0.124. The highest BCUT2D eigenvalue weighted by Gasteiger charge is 2.51. The standard InChI is InChI=1S/C35H53N3O7S3/c1-4-5-6-7-8-9-10-11-12-13-14-15-22-35(47(3,40)41,33(39)37-23-26-48(36,42)43)34-38-31-27-29(18-21-32(31)46-34)28-16-19-30(20-17-28)45-25-24-44-2/h16-21,27H,4-15,22-26H2,1-3H3,(H,37,39)(H2,36,42,43). The Morgan fingerprint density at radius 3 is 2.00 bits per heavy atom. The van der Waals surface area contributed by atoms with Crippen molar-refractivity contribution in [2.24, 2.45) is 5.14 Å². The number of hydrogen-bond donors (Lipinski definition) is 2. The number of fused-ring (bicyclic) bond motifs is 1. The minimum absolute atomic E-state index is 0.0433. The SMILES string of the molecule is CCCCCCCCCCCCCCC(C(=O)NCCS(N)(=O)=O)(c1nc2cc(-c3ccc(OCCOC)cc3)ccc2s1)S(C)(=O)=O. The van der Waals surface area contributed by atoms with E-state index in [2.05, 4.69) is 12.2 Å². The van der Waals surface area contributed by atoms with Crippen molar-refractivity contribution in [2.75, 3.05) is 38.9 Å². The molecule has 3 aromatic rings. The summed E-state index contributed by atoms with van der Waals surface area (Å²) in [6, 6.07) is 13.3. The Balaban J connectivity index is 1.79. The van der Waals surface area contributed by atoms with Crippen molar-refractivity contribution in [3.05, 3.63) is 47.5 Å². The molecule has 48 heavy (non-hydrogen) atoms. The van der Waals surface area contributed by atoms with E-state index >= 15 is 0 Å². The number of benzene rings is 2. The average Bonchev–Trinajstić information content (AvgIpc) is 3.46. The molecule has 1 amide bonds. The summed E-state index contributed by atoms with van der Waals surface area (Å²) in [6.07, 6.45) is 14.4. The van der Waals surface area contributed by atoms with Crippen LogP contribution in [0, 0.1) is 0 Å². The van der Waals surface area contributed by atoms with Gasteiger partial charge in [-0.25, -0.2) is 27.0 Å². The Morgan fingerprint density at radius 2 is 1.44 bits per heavy atom. The number of aromatic nitrogens is 1. The Hall–Kier alpha value is -2.58. The Morgan fingerprint density at radius 1 is 0.854 bits per heavy atom. The number of ether oxygens (including phenoxy) is 2. The zero-order valence-electron chi connectivity index (χ0n) is 28.7. The number of primary sulfonamides is 1. The minimum Gasteiger partial charge on any atom is -0.491 e. The number of nitrogens with zero attached hydrogens (tertiary/aromatic N) is 1. The number of thiazole rings is 1. The van der Waals surface area contributed by atoms with Crippen molar-refractivity contribution in [1.82, 2.24) is 10.3 Å². The van der Waals surface area contributed by atoms with Crippen molar-refractivity contribution >= 4 is 47.3 Å². The zero-order chi connectivity index (χ0) is 35.0. The summed E-state index contributed by atoms with van der Waals surface area (Å²) >= 11 is 1.17. The van der Waals surface area contributed by atoms with E-state index in [4.69, 9.17) is 19.6 Å². The molecular formula is C35H53N3O7S3. The van der Waals surface area contributed by atoms with Crippen LogP contribution in [0.3, 0.4) is 0 Å². The van der Waals surface area contributed by atoms with Crippen LogP contribution in [-0.4, -0.2) is 66.6 Å². The van der Waals surface area contributed by atoms with Gasteiger partial charge in [-0.2, -0.15) is 0 Å². The smallest absolute Gasteiger partial charge is 0.248 e. The van der Waals surface area contributed by atoms with Gasteiger partial charge in [-0.05, 0) is 41.8 Å². The molecule has 268 valence electrons. The number of sulfone groups is 1. The number of carbonyl (C=O) groups is 1. The highest BCUT2D eigenvalue weighted by atomic mass is 32.2. The molecule has 2 aromatic carbocycles. The van der Waals surface area contributed by atoms with E-state index in [1.807, 2.05) is 42.5 Å². The molecule has 0 aliphatic carbocycles. The van der Waals surface area contributed by atoms with Crippen LogP contribution in [0.1, 0.15) is 95.4 Å². The molecule has 1 atom stereocenters. The van der Waals surface area contributed by atoms with Crippen LogP contribution in [0.4, 0.5) is 0 Å². The second-order valence-corrected chi connectivity index (χ2v) is 17.4. The van der Waals surface area contributed by atoms with Crippen molar-refractivity contribution in [2.45, 2.75) is 95.1 Å². The molecule has 0 saturated carbocycles. The Bertz CT molecular complexity index is 1640.